The summed E-state index contributed by atoms with van der Waals surface area (Å²) in [5.41, 5.74) is 5.16. The maximum Gasteiger partial charge on any atom is 0.395 e. The van der Waals surface area contributed by atoms with Gasteiger partial charge in [-0.1, -0.05) is 30.3 Å². The predicted octanol–water partition coefficient (Wildman–Crippen LogP) is 2.73. The van der Waals surface area contributed by atoms with Crippen molar-refractivity contribution in [2.75, 3.05) is 10.5 Å². The molecule has 0 fully saturated rings. The molecule has 34 heavy (non-hydrogen) atoms. The summed E-state index contributed by atoms with van der Waals surface area (Å²) in [6.45, 7) is 0. The molecule has 2 rings (SSSR count). The van der Waals surface area contributed by atoms with Crippen LogP contribution in [0.3, 0.4) is 0 Å². The number of aliphatic carboxylic acids is 1. The minimum atomic E-state index is -4.81. The summed E-state index contributed by atoms with van der Waals surface area (Å²) in [6.07, 6.45) is -5.36. The first-order chi connectivity index (χ1) is 15.7. The van der Waals surface area contributed by atoms with E-state index < -0.39 is 62.7 Å². The Hall–Kier alpha value is -2.97. The topological polar surface area (TPSA) is 156 Å². The van der Waals surface area contributed by atoms with Crippen molar-refractivity contribution in [3.63, 3.8) is 0 Å². The Kier molecular flexibility index (Phi) is 8.80. The molecule has 0 aliphatic heterocycles. The lowest BCUT2D eigenvalue weighted by Gasteiger charge is -2.20. The molecule has 0 aliphatic rings. The first-order valence-corrected chi connectivity index (χ1v) is 12.8. The highest BCUT2D eigenvalue weighted by Gasteiger charge is 2.41. The molecule has 0 amide bonds. The largest absolute Gasteiger partial charge is 0.480 e. The van der Waals surface area contributed by atoms with Crippen molar-refractivity contribution in [2.45, 2.75) is 35.9 Å². The summed E-state index contributed by atoms with van der Waals surface area (Å²) in [4.78, 5) is 10.3. The second kappa shape index (κ2) is 11.0. The minimum absolute atomic E-state index is 0.270. The summed E-state index contributed by atoms with van der Waals surface area (Å²) in [7, 11) is -8.37. The number of alkyl halides is 3. The van der Waals surface area contributed by atoms with Crippen LogP contribution in [0.4, 0.5) is 18.9 Å². The van der Waals surface area contributed by atoms with Gasteiger partial charge in [0.1, 0.15) is 6.04 Å². The molecule has 0 radical (unpaired) electrons. The number of anilines is 1. The van der Waals surface area contributed by atoms with E-state index in [2.05, 4.69) is 9.12 Å². The van der Waals surface area contributed by atoms with Gasteiger partial charge in [-0.15, -0.1) is 0 Å². The molecule has 9 nitrogen and oxygen atoms in total. The number of nitrogens with two attached hydrogens (primary N) is 1. The van der Waals surface area contributed by atoms with Gasteiger partial charge < -0.3 is 10.8 Å². The standard InChI is InChI=1S/C20H22F3N3O6S2/c21-20(22,23)17(11-13-33(29,30)25-12-10-18(24)19(27)28)14-6-8-16(9-7-14)34(31,32)26-15-4-2-1-3-5-15/h1-9,12,17-18,26H,10-11,13,24H2,(H,27,28)/t17?,18-/m0/s1. The van der Waals surface area contributed by atoms with E-state index in [0.29, 0.717) is 0 Å². The van der Waals surface area contributed by atoms with E-state index >= 15 is 0 Å². The highest BCUT2D eigenvalue weighted by Crippen LogP contribution is 2.38. The maximum absolute atomic E-state index is 13.6. The van der Waals surface area contributed by atoms with Crippen LogP contribution in [0.1, 0.15) is 24.3 Å². The smallest absolute Gasteiger partial charge is 0.395 e. The number of carboxylic acids is 1. The van der Waals surface area contributed by atoms with Gasteiger partial charge in [0.05, 0.1) is 16.6 Å². The SMILES string of the molecule is N[C@@H](CC=NS(=O)(=O)CCC(c1ccc(S(=O)(=O)Nc2ccccc2)cc1)C(F)(F)F)C(=O)O. The van der Waals surface area contributed by atoms with Crippen LogP contribution >= 0.6 is 0 Å². The van der Waals surface area contributed by atoms with Crippen molar-refractivity contribution in [2.24, 2.45) is 10.1 Å². The number of carboxylic acid groups (broad SMARTS) is 1. The van der Waals surface area contributed by atoms with Crippen LogP contribution in [-0.4, -0.2) is 52.1 Å². The van der Waals surface area contributed by atoms with Gasteiger partial charge in [-0.25, -0.2) is 16.8 Å². The zero-order valence-corrected chi connectivity index (χ0v) is 19.1. The fourth-order valence-electron chi connectivity index (χ4n) is 2.81. The lowest BCUT2D eigenvalue weighted by atomic mass is 9.96. The Morgan fingerprint density at radius 2 is 1.65 bits per heavy atom. The summed E-state index contributed by atoms with van der Waals surface area (Å²) in [5, 5.41) is 8.64. The lowest BCUT2D eigenvalue weighted by Crippen LogP contribution is -2.30. The summed E-state index contributed by atoms with van der Waals surface area (Å²) in [6, 6.07) is 10.4. The highest BCUT2D eigenvalue weighted by molar-refractivity contribution is 7.92. The number of hydrogen-bond acceptors (Lipinski definition) is 6. The first kappa shape index (κ1) is 27.3. The number of nitrogens with zero attached hydrogens (tertiary/aromatic N) is 1. The van der Waals surface area contributed by atoms with Crippen molar-refractivity contribution >= 4 is 37.9 Å². The van der Waals surface area contributed by atoms with E-state index in [4.69, 9.17) is 10.8 Å². The average molecular weight is 522 g/mol. The van der Waals surface area contributed by atoms with Crippen molar-refractivity contribution in [1.29, 1.82) is 0 Å². The van der Waals surface area contributed by atoms with Crippen LogP contribution in [0.2, 0.25) is 0 Å². The normalized spacial score (nSPS) is 14.6. The molecule has 0 saturated heterocycles. The minimum Gasteiger partial charge on any atom is -0.480 e. The monoisotopic (exact) mass is 521 g/mol. The van der Waals surface area contributed by atoms with E-state index in [1.54, 1.807) is 18.2 Å². The fraction of sp³-hybridized carbons (Fsp3) is 0.300. The second-order valence-corrected chi connectivity index (χ2v) is 10.6. The zero-order chi connectivity index (χ0) is 25.6. The predicted molar refractivity (Wildman–Crippen MR) is 120 cm³/mol. The van der Waals surface area contributed by atoms with Crippen LogP contribution in [0.25, 0.3) is 0 Å². The van der Waals surface area contributed by atoms with Gasteiger partial charge in [0, 0.05) is 18.3 Å². The Bertz CT molecular complexity index is 1220. The third-order valence-corrected chi connectivity index (χ3v) is 7.21. The van der Waals surface area contributed by atoms with Crippen LogP contribution in [0.5, 0.6) is 0 Å². The van der Waals surface area contributed by atoms with Crippen molar-refractivity contribution in [1.82, 2.24) is 0 Å². The number of para-hydroxylation sites is 1. The molecule has 0 spiro atoms. The summed E-state index contributed by atoms with van der Waals surface area (Å²) in [5.74, 6) is -4.55. The number of halogens is 3. The molecule has 0 bridgehead atoms. The Labute approximate surface area is 194 Å². The molecule has 14 heteroatoms. The van der Waals surface area contributed by atoms with Gasteiger partial charge in [0.2, 0.25) is 0 Å². The molecular weight excluding hydrogens is 499 g/mol. The molecule has 0 saturated carbocycles. The number of benzene rings is 2. The van der Waals surface area contributed by atoms with E-state index in [0.717, 1.165) is 30.5 Å². The van der Waals surface area contributed by atoms with Crippen molar-refractivity contribution < 1.29 is 39.9 Å². The van der Waals surface area contributed by atoms with Crippen LogP contribution in [-0.2, 0) is 24.8 Å². The number of hydrogen-bond donors (Lipinski definition) is 3. The lowest BCUT2D eigenvalue weighted by molar-refractivity contribution is -0.150. The highest BCUT2D eigenvalue weighted by atomic mass is 32.2. The molecule has 2 atom stereocenters. The van der Waals surface area contributed by atoms with Crippen LogP contribution < -0.4 is 10.5 Å². The molecule has 0 aliphatic carbocycles. The van der Waals surface area contributed by atoms with Crippen LogP contribution in [0.15, 0.2) is 63.9 Å². The number of carbonyl (C=O) groups is 1. The van der Waals surface area contributed by atoms with Gasteiger partial charge in [0.15, 0.2) is 0 Å². The summed E-state index contributed by atoms with van der Waals surface area (Å²) >= 11 is 0. The van der Waals surface area contributed by atoms with Gasteiger partial charge in [-0.3, -0.25) is 9.52 Å². The third kappa shape index (κ3) is 8.11. The number of nitrogens with one attached hydrogen (secondary N) is 1. The van der Waals surface area contributed by atoms with Gasteiger partial charge in [-0.2, -0.15) is 17.6 Å². The average Bonchev–Trinajstić information content (AvgIpc) is 2.73. The number of rotatable bonds is 11. The molecule has 1 unspecified atom stereocenters. The maximum atomic E-state index is 13.6. The Morgan fingerprint density at radius 3 is 2.18 bits per heavy atom. The second-order valence-electron chi connectivity index (χ2n) is 7.18. The van der Waals surface area contributed by atoms with Gasteiger partial charge in [-0.05, 0) is 36.2 Å². The van der Waals surface area contributed by atoms with E-state index in [-0.39, 0.29) is 16.1 Å². The van der Waals surface area contributed by atoms with E-state index in [9.17, 15) is 34.8 Å². The third-order valence-electron chi connectivity index (χ3n) is 4.59. The fourth-order valence-corrected chi connectivity index (χ4v) is 4.82. The molecule has 2 aromatic carbocycles. The quantitative estimate of drug-likeness (QED) is 0.384. The molecule has 0 aromatic heterocycles. The van der Waals surface area contributed by atoms with Crippen molar-refractivity contribution in [3.05, 3.63) is 60.2 Å². The molecular formula is C20H22F3N3O6S2. The van der Waals surface area contributed by atoms with Gasteiger partial charge >= 0.3 is 12.1 Å². The molecule has 0 heterocycles. The molecule has 4 N–H and O–H groups in total. The zero-order valence-electron chi connectivity index (χ0n) is 17.5. The Balaban J connectivity index is 2.15. The van der Waals surface area contributed by atoms with E-state index in [1.165, 1.54) is 12.1 Å². The summed E-state index contributed by atoms with van der Waals surface area (Å²) < 4.78 is 95.1. The number of sulfonamides is 2. The van der Waals surface area contributed by atoms with Crippen molar-refractivity contribution in [3.8, 4) is 0 Å². The first-order valence-electron chi connectivity index (χ1n) is 9.71. The van der Waals surface area contributed by atoms with Crippen LogP contribution in [0, 0.1) is 0 Å². The van der Waals surface area contributed by atoms with Gasteiger partial charge in [0.25, 0.3) is 20.0 Å². The molecule has 186 valence electrons. The van der Waals surface area contributed by atoms with E-state index in [1.807, 2.05) is 0 Å². The molecule has 2 aromatic rings. The Morgan fingerprint density at radius 1 is 1.06 bits per heavy atom.